The summed E-state index contributed by atoms with van der Waals surface area (Å²) in [5, 5.41) is 1.95. The Hall–Kier alpha value is -2.25. The maximum absolute atomic E-state index is 14.0. The SMILES string of the molecule is CCN(CC)CCCn1c(-c2ccco2)csc1=Nc1ccc(F)cc1F. The fourth-order valence-electron chi connectivity index (χ4n) is 2.92. The van der Waals surface area contributed by atoms with E-state index in [0.29, 0.717) is 4.80 Å². The number of hydrogen-bond acceptors (Lipinski definition) is 4. The molecule has 0 atom stereocenters. The summed E-state index contributed by atoms with van der Waals surface area (Å²) in [6, 6.07) is 7.16. The fourth-order valence-corrected chi connectivity index (χ4v) is 3.85. The lowest BCUT2D eigenvalue weighted by Gasteiger charge is -2.18. The topological polar surface area (TPSA) is 33.7 Å². The number of halogens is 2. The van der Waals surface area contributed by atoms with E-state index in [4.69, 9.17) is 4.42 Å². The molecule has 0 aliphatic carbocycles. The van der Waals surface area contributed by atoms with Crippen LogP contribution in [-0.4, -0.2) is 29.1 Å². The van der Waals surface area contributed by atoms with Crippen LogP contribution in [0.15, 0.2) is 51.4 Å². The van der Waals surface area contributed by atoms with E-state index >= 15 is 0 Å². The number of rotatable bonds is 8. The zero-order valence-electron chi connectivity index (χ0n) is 15.5. The summed E-state index contributed by atoms with van der Waals surface area (Å²) in [6.07, 6.45) is 2.56. The number of furan rings is 1. The highest BCUT2D eigenvalue weighted by Gasteiger charge is 2.12. The van der Waals surface area contributed by atoms with Crippen molar-refractivity contribution in [2.24, 2.45) is 4.99 Å². The van der Waals surface area contributed by atoms with Gasteiger partial charge >= 0.3 is 0 Å². The van der Waals surface area contributed by atoms with E-state index in [0.717, 1.165) is 50.1 Å². The molecule has 144 valence electrons. The molecule has 7 heteroatoms. The van der Waals surface area contributed by atoms with Crippen molar-refractivity contribution in [3.63, 3.8) is 0 Å². The van der Waals surface area contributed by atoms with E-state index in [9.17, 15) is 8.78 Å². The average molecular weight is 391 g/mol. The van der Waals surface area contributed by atoms with Crippen LogP contribution >= 0.6 is 11.3 Å². The van der Waals surface area contributed by atoms with Crippen LogP contribution in [0.25, 0.3) is 11.5 Å². The Kier molecular flexibility index (Phi) is 6.58. The largest absolute Gasteiger partial charge is 0.463 e. The minimum Gasteiger partial charge on any atom is -0.463 e. The lowest BCUT2D eigenvalue weighted by molar-refractivity contribution is 0.293. The molecule has 0 radical (unpaired) electrons. The van der Waals surface area contributed by atoms with Crippen LogP contribution in [0.4, 0.5) is 14.5 Å². The molecule has 0 unspecified atom stereocenters. The van der Waals surface area contributed by atoms with Gasteiger partial charge in [0.1, 0.15) is 11.5 Å². The zero-order chi connectivity index (χ0) is 19.2. The average Bonchev–Trinajstić information content (AvgIpc) is 3.31. The van der Waals surface area contributed by atoms with Crippen LogP contribution < -0.4 is 4.80 Å². The van der Waals surface area contributed by atoms with Crippen LogP contribution in [0.2, 0.25) is 0 Å². The highest BCUT2D eigenvalue weighted by molar-refractivity contribution is 7.07. The molecule has 2 aromatic heterocycles. The Balaban J connectivity index is 1.95. The van der Waals surface area contributed by atoms with Gasteiger partial charge in [-0.2, -0.15) is 0 Å². The minimum atomic E-state index is -0.669. The molecule has 27 heavy (non-hydrogen) atoms. The molecular weight excluding hydrogens is 368 g/mol. The summed E-state index contributed by atoms with van der Waals surface area (Å²) in [5.41, 5.74) is 1.03. The van der Waals surface area contributed by atoms with Crippen LogP contribution in [-0.2, 0) is 6.54 Å². The van der Waals surface area contributed by atoms with E-state index < -0.39 is 11.6 Å². The predicted octanol–water partition coefficient (Wildman–Crippen LogP) is 5.05. The molecule has 0 bridgehead atoms. The smallest absolute Gasteiger partial charge is 0.190 e. The van der Waals surface area contributed by atoms with Gasteiger partial charge in [-0.15, -0.1) is 11.3 Å². The molecule has 0 saturated carbocycles. The number of thiazole rings is 1. The first-order valence-electron chi connectivity index (χ1n) is 9.06. The molecule has 0 saturated heterocycles. The van der Waals surface area contributed by atoms with Crippen molar-refractivity contribution in [3.8, 4) is 11.5 Å². The molecule has 4 nitrogen and oxygen atoms in total. The van der Waals surface area contributed by atoms with Crippen molar-refractivity contribution in [1.82, 2.24) is 9.47 Å². The number of benzene rings is 1. The molecule has 0 aliphatic heterocycles. The van der Waals surface area contributed by atoms with Crippen molar-refractivity contribution < 1.29 is 13.2 Å². The normalized spacial score (nSPS) is 12.3. The molecule has 3 rings (SSSR count). The molecule has 0 fully saturated rings. The van der Waals surface area contributed by atoms with Gasteiger partial charge in [0.2, 0.25) is 0 Å². The van der Waals surface area contributed by atoms with Gasteiger partial charge in [0.05, 0.1) is 12.0 Å². The van der Waals surface area contributed by atoms with Crippen molar-refractivity contribution in [3.05, 3.63) is 58.4 Å². The molecule has 0 aliphatic rings. The maximum atomic E-state index is 14.0. The first-order valence-corrected chi connectivity index (χ1v) is 9.94. The third-order valence-electron chi connectivity index (χ3n) is 4.45. The second-order valence-electron chi connectivity index (χ2n) is 6.12. The molecule has 0 spiro atoms. The van der Waals surface area contributed by atoms with Gasteiger partial charge < -0.3 is 13.9 Å². The molecule has 0 amide bonds. The highest BCUT2D eigenvalue weighted by Crippen LogP contribution is 2.23. The summed E-state index contributed by atoms with van der Waals surface area (Å²) in [5.74, 6) is -0.534. The summed E-state index contributed by atoms with van der Waals surface area (Å²) >= 11 is 1.41. The van der Waals surface area contributed by atoms with Gasteiger partial charge in [-0.1, -0.05) is 13.8 Å². The molecular formula is C20H23F2N3OS. The Morgan fingerprint density at radius 2 is 2.00 bits per heavy atom. The van der Waals surface area contributed by atoms with Crippen LogP contribution in [0.3, 0.4) is 0 Å². The third-order valence-corrected chi connectivity index (χ3v) is 5.31. The van der Waals surface area contributed by atoms with Gasteiger partial charge in [-0.05, 0) is 50.3 Å². The highest BCUT2D eigenvalue weighted by atomic mass is 32.1. The number of nitrogens with zero attached hydrogens (tertiary/aromatic N) is 3. The van der Waals surface area contributed by atoms with E-state index in [1.807, 2.05) is 22.1 Å². The summed E-state index contributed by atoms with van der Waals surface area (Å²) in [4.78, 5) is 7.45. The van der Waals surface area contributed by atoms with Crippen molar-refractivity contribution in [2.75, 3.05) is 19.6 Å². The van der Waals surface area contributed by atoms with Crippen LogP contribution in [0, 0.1) is 11.6 Å². The van der Waals surface area contributed by atoms with Gasteiger partial charge in [-0.3, -0.25) is 0 Å². The Labute approximate surface area is 161 Å². The van der Waals surface area contributed by atoms with Crippen molar-refractivity contribution in [1.29, 1.82) is 0 Å². The monoisotopic (exact) mass is 391 g/mol. The van der Waals surface area contributed by atoms with Gasteiger partial charge in [-0.25, -0.2) is 13.8 Å². The Bertz CT molecular complexity index is 927. The third kappa shape index (κ3) is 4.73. The number of aromatic nitrogens is 1. The summed E-state index contributed by atoms with van der Waals surface area (Å²) < 4.78 is 34.8. The predicted molar refractivity (Wildman–Crippen MR) is 104 cm³/mol. The molecule has 1 aromatic carbocycles. The van der Waals surface area contributed by atoms with Crippen LogP contribution in [0.1, 0.15) is 20.3 Å². The summed E-state index contributed by atoms with van der Waals surface area (Å²) in [7, 11) is 0. The lowest BCUT2D eigenvalue weighted by Crippen LogP contribution is -2.26. The van der Waals surface area contributed by atoms with Crippen LogP contribution in [0.5, 0.6) is 0 Å². The van der Waals surface area contributed by atoms with E-state index in [2.05, 4.69) is 23.7 Å². The summed E-state index contributed by atoms with van der Waals surface area (Å²) in [6.45, 7) is 8.01. The quantitative estimate of drug-likeness (QED) is 0.538. The van der Waals surface area contributed by atoms with Gasteiger partial charge in [0.15, 0.2) is 16.4 Å². The van der Waals surface area contributed by atoms with Crippen molar-refractivity contribution in [2.45, 2.75) is 26.8 Å². The van der Waals surface area contributed by atoms with E-state index in [-0.39, 0.29) is 5.69 Å². The molecule has 3 aromatic rings. The van der Waals surface area contributed by atoms with Gasteiger partial charge in [0, 0.05) is 18.0 Å². The van der Waals surface area contributed by atoms with Gasteiger partial charge in [0.25, 0.3) is 0 Å². The maximum Gasteiger partial charge on any atom is 0.190 e. The first-order chi connectivity index (χ1) is 13.1. The zero-order valence-corrected chi connectivity index (χ0v) is 16.3. The minimum absolute atomic E-state index is 0.127. The number of hydrogen-bond donors (Lipinski definition) is 0. The Morgan fingerprint density at radius 1 is 1.19 bits per heavy atom. The first kappa shape index (κ1) is 19.5. The van der Waals surface area contributed by atoms with E-state index in [1.165, 1.54) is 23.5 Å². The molecule has 2 heterocycles. The molecule has 0 N–H and O–H groups in total. The fraction of sp³-hybridized carbons (Fsp3) is 0.350. The van der Waals surface area contributed by atoms with Crippen molar-refractivity contribution >= 4 is 17.0 Å². The Morgan fingerprint density at radius 3 is 2.67 bits per heavy atom. The second kappa shape index (κ2) is 9.10. The standard InChI is InChI=1S/C20H23F2N3OS/c1-3-24(4-2)10-6-11-25-18(19-7-5-12-26-19)14-27-20(25)23-17-9-8-15(21)13-16(17)22/h5,7-9,12-14H,3-4,6,10-11H2,1-2H3. The van der Waals surface area contributed by atoms with E-state index in [1.54, 1.807) is 6.26 Å². The lowest BCUT2D eigenvalue weighted by atomic mass is 10.3. The second-order valence-corrected chi connectivity index (χ2v) is 6.96.